The molecule has 0 saturated carbocycles. The first-order valence-corrected chi connectivity index (χ1v) is 14.7. The first-order valence-electron chi connectivity index (χ1n) is 13.3. The van der Waals surface area contributed by atoms with Crippen LogP contribution in [0.15, 0.2) is 102 Å². The maximum absolute atomic E-state index is 13.4. The molecule has 0 aromatic heterocycles. The van der Waals surface area contributed by atoms with E-state index in [0.717, 1.165) is 4.90 Å². The Morgan fingerprint density at radius 2 is 1.58 bits per heavy atom. The number of rotatable bonds is 12. The number of nitrogens with one attached hydrogen (secondary N) is 3. The molecule has 0 aliphatic carbocycles. The van der Waals surface area contributed by atoms with Crippen molar-refractivity contribution in [3.8, 4) is 11.5 Å². The number of carboxylic acid groups (broad SMARTS) is 1. The van der Waals surface area contributed by atoms with Gasteiger partial charge >= 0.3 is 5.97 Å². The summed E-state index contributed by atoms with van der Waals surface area (Å²) in [6.07, 6.45) is 1.51. The van der Waals surface area contributed by atoms with Crippen LogP contribution >= 0.6 is 23.4 Å². The van der Waals surface area contributed by atoms with Crippen molar-refractivity contribution in [2.24, 2.45) is 0 Å². The number of carbonyl (C=O) groups excluding carboxylic acids is 3. The lowest BCUT2D eigenvalue weighted by Crippen LogP contribution is -2.30. The molecule has 4 aromatic carbocycles. The summed E-state index contributed by atoms with van der Waals surface area (Å²) in [5.74, 6) is -1.51. The predicted molar refractivity (Wildman–Crippen MR) is 174 cm³/mol. The zero-order valence-corrected chi connectivity index (χ0v) is 25.7. The first kappa shape index (κ1) is 32.6. The average molecular weight is 646 g/mol. The molecule has 4 rings (SSSR count). The van der Waals surface area contributed by atoms with Crippen molar-refractivity contribution in [2.75, 3.05) is 30.6 Å². The molecule has 0 spiro atoms. The number of ether oxygens (including phenoxy) is 2. The lowest BCUT2D eigenvalue weighted by Gasteiger charge is -2.13. The number of benzene rings is 4. The fourth-order valence-electron chi connectivity index (χ4n) is 3.96. The third kappa shape index (κ3) is 9.12. The number of halogens is 1. The molecule has 4 N–H and O–H groups in total. The summed E-state index contributed by atoms with van der Waals surface area (Å²) in [5, 5.41) is 17.5. The van der Waals surface area contributed by atoms with Crippen LogP contribution in [0.3, 0.4) is 0 Å². The first-order chi connectivity index (χ1) is 21.7. The summed E-state index contributed by atoms with van der Waals surface area (Å²) in [7, 11) is 3.02. The van der Waals surface area contributed by atoms with E-state index >= 15 is 0 Å². The smallest absolute Gasteiger partial charge is 0.335 e. The number of thioether (sulfide) groups is 1. The number of anilines is 2. The second-order valence-electron chi connectivity index (χ2n) is 9.30. The molecule has 0 radical (unpaired) electrons. The number of carboxylic acids is 1. The Hall–Kier alpha value is -5.26. The topological polar surface area (TPSA) is 143 Å². The summed E-state index contributed by atoms with van der Waals surface area (Å²) in [4.78, 5) is 50.8. The Bertz CT molecular complexity index is 1750. The molecule has 230 valence electrons. The van der Waals surface area contributed by atoms with E-state index in [1.54, 1.807) is 72.8 Å². The highest BCUT2D eigenvalue weighted by atomic mass is 35.5. The Kier molecular flexibility index (Phi) is 11.2. The van der Waals surface area contributed by atoms with Gasteiger partial charge in [-0.1, -0.05) is 29.8 Å². The van der Waals surface area contributed by atoms with E-state index in [4.69, 9.17) is 26.2 Å². The van der Waals surface area contributed by atoms with Crippen LogP contribution in [-0.2, 0) is 9.59 Å². The number of amides is 3. The number of carbonyl (C=O) groups is 4. The van der Waals surface area contributed by atoms with E-state index in [-0.39, 0.29) is 33.6 Å². The zero-order valence-electron chi connectivity index (χ0n) is 24.1. The maximum Gasteiger partial charge on any atom is 0.335 e. The molecule has 0 heterocycles. The van der Waals surface area contributed by atoms with Gasteiger partial charge in [-0.05, 0) is 72.8 Å². The van der Waals surface area contributed by atoms with Crippen molar-refractivity contribution < 1.29 is 33.8 Å². The van der Waals surface area contributed by atoms with Crippen LogP contribution in [0.5, 0.6) is 11.5 Å². The molecule has 0 aliphatic rings. The van der Waals surface area contributed by atoms with Gasteiger partial charge in [0.25, 0.3) is 11.8 Å². The Morgan fingerprint density at radius 1 is 0.844 bits per heavy atom. The van der Waals surface area contributed by atoms with Crippen LogP contribution in [-0.4, -0.2) is 48.8 Å². The quantitative estimate of drug-likeness (QED) is 0.105. The van der Waals surface area contributed by atoms with Gasteiger partial charge in [-0.25, -0.2) is 4.79 Å². The summed E-state index contributed by atoms with van der Waals surface area (Å²) >= 11 is 7.32. The van der Waals surface area contributed by atoms with E-state index in [2.05, 4.69) is 16.0 Å². The number of methoxy groups -OCH3 is 2. The number of hydrogen-bond acceptors (Lipinski definition) is 7. The molecule has 4 aromatic rings. The Balaban J connectivity index is 1.45. The second kappa shape index (κ2) is 15.5. The van der Waals surface area contributed by atoms with Gasteiger partial charge in [0.1, 0.15) is 17.2 Å². The van der Waals surface area contributed by atoms with Crippen molar-refractivity contribution in [1.82, 2.24) is 5.32 Å². The summed E-state index contributed by atoms with van der Waals surface area (Å²) in [5.41, 5.74) is 1.55. The largest absolute Gasteiger partial charge is 0.497 e. The van der Waals surface area contributed by atoms with Crippen LogP contribution in [0.2, 0.25) is 5.02 Å². The highest BCUT2D eigenvalue weighted by Gasteiger charge is 2.17. The molecule has 0 aliphatic heterocycles. The molecule has 0 fully saturated rings. The summed E-state index contributed by atoms with van der Waals surface area (Å²) in [6, 6.07) is 24.4. The normalized spacial score (nSPS) is 10.9. The van der Waals surface area contributed by atoms with E-state index < -0.39 is 17.8 Å². The van der Waals surface area contributed by atoms with E-state index in [1.807, 2.05) is 0 Å². The van der Waals surface area contributed by atoms with Gasteiger partial charge in [0.15, 0.2) is 0 Å². The molecule has 45 heavy (non-hydrogen) atoms. The SMILES string of the molecule is COc1ccc(/C=C(\NC(=O)c2ccccc2)C(=O)Nc2ccc(SCC(=O)Nc3cc(C(=O)O)ccc3Cl)cc2)c(OC)c1. The van der Waals surface area contributed by atoms with Gasteiger partial charge in [-0.15, -0.1) is 11.8 Å². The van der Waals surface area contributed by atoms with Crippen LogP contribution in [0, 0.1) is 0 Å². The number of hydrogen-bond donors (Lipinski definition) is 4. The van der Waals surface area contributed by atoms with Crippen molar-refractivity contribution in [3.05, 3.63) is 118 Å². The summed E-state index contributed by atoms with van der Waals surface area (Å²) in [6.45, 7) is 0. The van der Waals surface area contributed by atoms with Gasteiger partial charge in [-0.2, -0.15) is 0 Å². The van der Waals surface area contributed by atoms with Crippen LogP contribution in [0.1, 0.15) is 26.3 Å². The van der Waals surface area contributed by atoms with Gasteiger partial charge in [0.05, 0.1) is 36.2 Å². The highest BCUT2D eigenvalue weighted by Crippen LogP contribution is 2.27. The van der Waals surface area contributed by atoms with Crippen LogP contribution in [0.25, 0.3) is 6.08 Å². The van der Waals surface area contributed by atoms with E-state index in [0.29, 0.717) is 28.3 Å². The molecule has 0 unspecified atom stereocenters. The fourth-order valence-corrected chi connectivity index (χ4v) is 4.82. The molecular formula is C33H28ClN3O7S. The monoisotopic (exact) mass is 645 g/mol. The lowest BCUT2D eigenvalue weighted by atomic mass is 10.1. The van der Waals surface area contributed by atoms with Crippen LogP contribution in [0.4, 0.5) is 11.4 Å². The molecule has 12 heteroatoms. The lowest BCUT2D eigenvalue weighted by molar-refractivity contribution is -0.114. The maximum atomic E-state index is 13.4. The molecule has 10 nitrogen and oxygen atoms in total. The third-order valence-electron chi connectivity index (χ3n) is 6.24. The van der Waals surface area contributed by atoms with Gasteiger partial charge in [0, 0.05) is 27.8 Å². The van der Waals surface area contributed by atoms with Crippen molar-refractivity contribution >= 4 is 64.5 Å². The predicted octanol–water partition coefficient (Wildman–Crippen LogP) is 6.20. The minimum absolute atomic E-state index is 0.000704. The molecular weight excluding hydrogens is 618 g/mol. The zero-order chi connectivity index (χ0) is 32.3. The second-order valence-corrected chi connectivity index (χ2v) is 10.8. The van der Waals surface area contributed by atoms with E-state index in [9.17, 15) is 19.2 Å². The van der Waals surface area contributed by atoms with Gasteiger partial charge in [-0.3, -0.25) is 14.4 Å². The van der Waals surface area contributed by atoms with Crippen molar-refractivity contribution in [3.63, 3.8) is 0 Å². The minimum atomic E-state index is -1.13. The third-order valence-corrected chi connectivity index (χ3v) is 7.58. The van der Waals surface area contributed by atoms with Crippen molar-refractivity contribution in [1.29, 1.82) is 0 Å². The van der Waals surface area contributed by atoms with Gasteiger partial charge in [0.2, 0.25) is 5.91 Å². The van der Waals surface area contributed by atoms with Crippen LogP contribution < -0.4 is 25.4 Å². The molecule has 0 bridgehead atoms. The fraction of sp³-hybridized carbons (Fsp3) is 0.0909. The average Bonchev–Trinajstić information content (AvgIpc) is 3.05. The van der Waals surface area contributed by atoms with E-state index in [1.165, 1.54) is 50.3 Å². The standard InChI is InChI=1S/C33H28ClN3O7S/c1-43-24-12-8-21(29(18-24)44-2)16-28(37-31(39)20-6-4-3-5-7-20)32(40)35-23-10-13-25(14-11-23)45-19-30(38)36-27-17-22(33(41)42)9-15-26(27)34/h3-18H,19H2,1-2H3,(H,35,40)(H,36,38)(H,37,39)(H,41,42)/b28-16-. The summed E-state index contributed by atoms with van der Waals surface area (Å²) < 4.78 is 10.7. The molecule has 3 amide bonds. The van der Waals surface area contributed by atoms with Crippen molar-refractivity contribution in [2.45, 2.75) is 4.90 Å². The van der Waals surface area contributed by atoms with Gasteiger partial charge < -0.3 is 30.5 Å². The number of aromatic carboxylic acids is 1. The minimum Gasteiger partial charge on any atom is -0.497 e. The highest BCUT2D eigenvalue weighted by molar-refractivity contribution is 8.00. The Morgan fingerprint density at radius 3 is 2.24 bits per heavy atom. The Labute approximate surface area is 268 Å². The molecule has 0 saturated heterocycles. The molecule has 0 atom stereocenters.